The van der Waals surface area contributed by atoms with Gasteiger partial charge in [-0.15, -0.1) is 0 Å². The van der Waals surface area contributed by atoms with E-state index in [-0.39, 0.29) is 12.1 Å². The highest BCUT2D eigenvalue weighted by molar-refractivity contribution is 5.79. The van der Waals surface area contributed by atoms with E-state index in [2.05, 4.69) is 9.80 Å². The number of likely N-dealkylation sites (tertiary alicyclic amines) is 2. The molecule has 0 aromatic rings. The lowest BCUT2D eigenvalue weighted by Crippen LogP contribution is -2.56. The van der Waals surface area contributed by atoms with Crippen molar-refractivity contribution < 1.29 is 4.79 Å². The SMILES string of the molecule is NC(=O)C(N1CCCCCC1)N1CCCCCC1. The zero-order chi connectivity index (χ0) is 12.8. The van der Waals surface area contributed by atoms with Gasteiger partial charge in [-0.05, 0) is 25.7 Å². The first kappa shape index (κ1) is 13.8. The van der Waals surface area contributed by atoms with Crippen molar-refractivity contribution in [2.45, 2.75) is 57.5 Å². The molecule has 0 aromatic heterocycles. The van der Waals surface area contributed by atoms with Crippen LogP contribution in [0, 0.1) is 0 Å². The van der Waals surface area contributed by atoms with Crippen molar-refractivity contribution in [3.63, 3.8) is 0 Å². The van der Waals surface area contributed by atoms with E-state index < -0.39 is 0 Å². The largest absolute Gasteiger partial charge is 0.367 e. The number of amides is 1. The first-order valence-corrected chi connectivity index (χ1v) is 7.56. The molecule has 104 valence electrons. The standard InChI is InChI=1S/C14H27N3O/c15-13(18)14(16-9-5-1-2-6-10-16)17-11-7-3-4-8-12-17/h14H,1-12H2,(H2,15,18). The van der Waals surface area contributed by atoms with Gasteiger partial charge < -0.3 is 5.73 Å². The van der Waals surface area contributed by atoms with Gasteiger partial charge in [-0.1, -0.05) is 25.7 Å². The van der Waals surface area contributed by atoms with Gasteiger partial charge in [0.05, 0.1) is 0 Å². The van der Waals surface area contributed by atoms with Crippen molar-refractivity contribution in [1.82, 2.24) is 9.80 Å². The number of hydrogen-bond donors (Lipinski definition) is 1. The van der Waals surface area contributed by atoms with Crippen LogP contribution in [-0.4, -0.2) is 48.1 Å². The van der Waals surface area contributed by atoms with Gasteiger partial charge in [0.1, 0.15) is 6.17 Å². The first-order chi connectivity index (χ1) is 8.79. The second-order valence-electron chi connectivity index (χ2n) is 5.68. The molecule has 2 aliphatic rings. The van der Waals surface area contributed by atoms with Crippen LogP contribution in [0.1, 0.15) is 51.4 Å². The average Bonchev–Trinajstić information content (AvgIpc) is 2.74. The lowest BCUT2D eigenvalue weighted by Gasteiger charge is -2.36. The zero-order valence-corrected chi connectivity index (χ0v) is 11.4. The number of nitrogens with zero attached hydrogens (tertiary/aromatic N) is 2. The zero-order valence-electron chi connectivity index (χ0n) is 11.4. The Labute approximate surface area is 110 Å². The summed E-state index contributed by atoms with van der Waals surface area (Å²) in [6, 6.07) is 0. The second-order valence-corrected chi connectivity index (χ2v) is 5.68. The first-order valence-electron chi connectivity index (χ1n) is 7.56. The molecule has 2 rings (SSSR count). The Morgan fingerprint density at radius 2 is 1.06 bits per heavy atom. The van der Waals surface area contributed by atoms with Gasteiger partial charge in [-0.25, -0.2) is 0 Å². The number of carbonyl (C=O) groups excluding carboxylic acids is 1. The summed E-state index contributed by atoms with van der Waals surface area (Å²) in [5.74, 6) is -0.154. The minimum Gasteiger partial charge on any atom is -0.367 e. The lowest BCUT2D eigenvalue weighted by molar-refractivity contribution is -0.130. The van der Waals surface area contributed by atoms with E-state index in [0.29, 0.717) is 0 Å². The summed E-state index contributed by atoms with van der Waals surface area (Å²) >= 11 is 0. The summed E-state index contributed by atoms with van der Waals surface area (Å²) in [6.07, 6.45) is 9.85. The van der Waals surface area contributed by atoms with Crippen molar-refractivity contribution >= 4 is 5.91 Å². The van der Waals surface area contributed by atoms with E-state index in [9.17, 15) is 4.79 Å². The Morgan fingerprint density at radius 3 is 1.33 bits per heavy atom. The summed E-state index contributed by atoms with van der Waals surface area (Å²) in [5.41, 5.74) is 5.68. The Morgan fingerprint density at radius 1 is 0.722 bits per heavy atom. The normalized spacial score (nSPS) is 24.7. The van der Waals surface area contributed by atoms with Crippen molar-refractivity contribution in [2.75, 3.05) is 26.2 Å². The molecule has 4 nitrogen and oxygen atoms in total. The number of nitrogens with two attached hydrogens (primary N) is 1. The number of carbonyl (C=O) groups is 1. The third-order valence-electron chi connectivity index (χ3n) is 4.23. The van der Waals surface area contributed by atoms with Gasteiger partial charge >= 0.3 is 0 Å². The van der Waals surface area contributed by atoms with Gasteiger partial charge in [-0.2, -0.15) is 0 Å². The summed E-state index contributed by atoms with van der Waals surface area (Å²) < 4.78 is 0. The Balaban J connectivity index is 2.02. The van der Waals surface area contributed by atoms with Gasteiger partial charge in [0.15, 0.2) is 0 Å². The molecule has 2 N–H and O–H groups in total. The minimum absolute atomic E-state index is 0.152. The third-order valence-corrected chi connectivity index (χ3v) is 4.23. The molecule has 2 saturated heterocycles. The summed E-state index contributed by atoms with van der Waals surface area (Å²) in [7, 11) is 0. The Kier molecular flexibility index (Phi) is 5.45. The van der Waals surface area contributed by atoms with Gasteiger partial charge in [0.2, 0.25) is 5.91 Å². The van der Waals surface area contributed by atoms with Crippen LogP contribution in [0.15, 0.2) is 0 Å². The Hall–Kier alpha value is -0.610. The lowest BCUT2D eigenvalue weighted by atomic mass is 10.2. The van der Waals surface area contributed by atoms with Crippen molar-refractivity contribution in [3.05, 3.63) is 0 Å². The van der Waals surface area contributed by atoms with E-state index in [1.807, 2.05) is 0 Å². The molecule has 0 saturated carbocycles. The van der Waals surface area contributed by atoms with Crippen LogP contribution in [0.2, 0.25) is 0 Å². The van der Waals surface area contributed by atoms with Crippen LogP contribution in [0.5, 0.6) is 0 Å². The molecule has 2 fully saturated rings. The molecular formula is C14H27N3O. The molecule has 2 heterocycles. The summed E-state index contributed by atoms with van der Waals surface area (Å²) in [4.78, 5) is 16.5. The maximum Gasteiger partial charge on any atom is 0.249 e. The molecular weight excluding hydrogens is 226 g/mol. The molecule has 0 aromatic carbocycles. The highest BCUT2D eigenvalue weighted by atomic mass is 16.2. The van der Waals surface area contributed by atoms with Gasteiger partial charge in [-0.3, -0.25) is 14.6 Å². The molecule has 2 aliphatic heterocycles. The van der Waals surface area contributed by atoms with Gasteiger partial charge in [0.25, 0.3) is 0 Å². The molecule has 0 atom stereocenters. The topological polar surface area (TPSA) is 49.6 Å². The average molecular weight is 253 g/mol. The molecule has 1 amide bonds. The molecule has 0 radical (unpaired) electrons. The number of primary amides is 1. The monoisotopic (exact) mass is 253 g/mol. The van der Waals surface area contributed by atoms with E-state index >= 15 is 0 Å². The van der Waals surface area contributed by atoms with Crippen LogP contribution in [0.4, 0.5) is 0 Å². The summed E-state index contributed by atoms with van der Waals surface area (Å²) in [6.45, 7) is 4.13. The molecule has 0 aliphatic carbocycles. The van der Waals surface area contributed by atoms with Crippen LogP contribution in [0.3, 0.4) is 0 Å². The van der Waals surface area contributed by atoms with Crippen LogP contribution in [0.25, 0.3) is 0 Å². The highest BCUT2D eigenvalue weighted by Crippen LogP contribution is 2.18. The second kappa shape index (κ2) is 7.10. The highest BCUT2D eigenvalue weighted by Gasteiger charge is 2.30. The van der Waals surface area contributed by atoms with E-state index in [1.54, 1.807) is 0 Å². The van der Waals surface area contributed by atoms with Crippen molar-refractivity contribution in [2.24, 2.45) is 5.73 Å². The van der Waals surface area contributed by atoms with Crippen molar-refractivity contribution in [1.29, 1.82) is 0 Å². The number of rotatable bonds is 3. The quantitative estimate of drug-likeness (QED) is 0.830. The predicted molar refractivity (Wildman–Crippen MR) is 73.1 cm³/mol. The molecule has 0 unspecified atom stereocenters. The van der Waals surface area contributed by atoms with Crippen LogP contribution in [-0.2, 0) is 4.79 Å². The minimum atomic E-state index is -0.154. The van der Waals surface area contributed by atoms with Crippen molar-refractivity contribution in [3.8, 4) is 0 Å². The number of hydrogen-bond acceptors (Lipinski definition) is 3. The molecule has 4 heteroatoms. The Bertz CT molecular complexity index is 234. The fraction of sp³-hybridized carbons (Fsp3) is 0.929. The smallest absolute Gasteiger partial charge is 0.249 e. The van der Waals surface area contributed by atoms with Crippen LogP contribution < -0.4 is 5.73 Å². The van der Waals surface area contributed by atoms with E-state index in [4.69, 9.17) is 5.73 Å². The fourth-order valence-corrected chi connectivity index (χ4v) is 3.27. The summed E-state index contributed by atoms with van der Waals surface area (Å²) in [5, 5.41) is 0. The molecule has 0 spiro atoms. The molecule has 0 bridgehead atoms. The van der Waals surface area contributed by atoms with Gasteiger partial charge in [0, 0.05) is 26.2 Å². The molecule has 18 heavy (non-hydrogen) atoms. The predicted octanol–water partition coefficient (Wildman–Crippen LogP) is 1.55. The maximum absolute atomic E-state index is 11.9. The van der Waals surface area contributed by atoms with Crippen LogP contribution >= 0.6 is 0 Å². The maximum atomic E-state index is 11.9. The third kappa shape index (κ3) is 3.69. The van der Waals surface area contributed by atoms with E-state index in [1.165, 1.54) is 51.4 Å². The van der Waals surface area contributed by atoms with E-state index in [0.717, 1.165) is 26.2 Å². The fourth-order valence-electron chi connectivity index (χ4n) is 3.27.